The zero-order chi connectivity index (χ0) is 25.6. The maximum absolute atomic E-state index is 12.3. The lowest BCUT2D eigenvalue weighted by Crippen LogP contribution is -2.46. The van der Waals surface area contributed by atoms with E-state index in [2.05, 4.69) is 44.5 Å². The first-order valence-electron chi connectivity index (χ1n) is 12.9. The molecule has 8 nitrogen and oxygen atoms in total. The third-order valence-electron chi connectivity index (χ3n) is 7.12. The van der Waals surface area contributed by atoms with Crippen LogP contribution in [0, 0.1) is 11.3 Å². The summed E-state index contributed by atoms with van der Waals surface area (Å²) in [5.41, 5.74) is 4.98. The molecule has 0 radical (unpaired) electrons. The third-order valence-corrected chi connectivity index (χ3v) is 7.12. The Morgan fingerprint density at radius 2 is 1.97 bits per heavy atom. The van der Waals surface area contributed by atoms with E-state index >= 15 is 0 Å². The van der Waals surface area contributed by atoms with Gasteiger partial charge in [0.25, 0.3) is 5.91 Å². The van der Waals surface area contributed by atoms with Crippen molar-refractivity contribution in [3.05, 3.63) is 65.5 Å². The predicted molar refractivity (Wildman–Crippen MR) is 152 cm³/mol. The van der Waals surface area contributed by atoms with Crippen molar-refractivity contribution in [2.75, 3.05) is 57.9 Å². The number of nitrogens with zero attached hydrogens (tertiary/aromatic N) is 3. The van der Waals surface area contributed by atoms with E-state index in [0.717, 1.165) is 74.2 Å². The molecule has 0 saturated carbocycles. The molecule has 1 saturated heterocycles. The third kappa shape index (κ3) is 6.30. The topological polar surface area (TPSA) is 97.5 Å². The number of fused-ring (bicyclic) bond motifs is 2. The van der Waals surface area contributed by atoms with Crippen LogP contribution in [0.2, 0.25) is 0 Å². The average Bonchev–Trinajstić information content (AvgIpc) is 3.55. The highest BCUT2D eigenvalue weighted by Gasteiger charge is 2.18. The first-order valence-corrected chi connectivity index (χ1v) is 12.9. The number of carbonyl (C=O) groups is 1. The summed E-state index contributed by atoms with van der Waals surface area (Å²) in [6.45, 7) is 6.05. The molecular formula is C29H34ClN5O3. The number of nitrogens with one attached hydrogen (secondary N) is 2. The van der Waals surface area contributed by atoms with Crippen LogP contribution in [0.4, 0.5) is 5.69 Å². The molecule has 0 spiro atoms. The Kier molecular flexibility index (Phi) is 9.29. The summed E-state index contributed by atoms with van der Waals surface area (Å²) in [4.78, 5) is 20.5. The molecule has 2 aromatic heterocycles. The van der Waals surface area contributed by atoms with Gasteiger partial charge in [-0.3, -0.25) is 9.69 Å². The zero-order valence-electron chi connectivity index (χ0n) is 21.7. The van der Waals surface area contributed by atoms with E-state index in [1.807, 2.05) is 30.3 Å². The van der Waals surface area contributed by atoms with Crippen molar-refractivity contribution in [3.8, 4) is 6.07 Å². The van der Waals surface area contributed by atoms with Gasteiger partial charge in [-0.2, -0.15) is 5.26 Å². The minimum atomic E-state index is -0.222. The van der Waals surface area contributed by atoms with Gasteiger partial charge in [0.2, 0.25) is 0 Å². The Morgan fingerprint density at radius 1 is 1.13 bits per heavy atom. The normalized spacial score (nSPS) is 13.9. The number of aromatic amines is 1. The summed E-state index contributed by atoms with van der Waals surface area (Å²) in [5, 5.41) is 14.1. The molecule has 2 N–H and O–H groups in total. The number of methoxy groups -OCH3 is 1. The van der Waals surface area contributed by atoms with E-state index in [0.29, 0.717) is 24.5 Å². The molecule has 4 aromatic rings. The first-order chi connectivity index (χ1) is 18.1. The van der Waals surface area contributed by atoms with Crippen LogP contribution in [0.3, 0.4) is 0 Å². The summed E-state index contributed by atoms with van der Waals surface area (Å²) in [7, 11) is 1.61. The first kappa shape index (κ1) is 27.5. The molecule has 200 valence electrons. The van der Waals surface area contributed by atoms with E-state index in [4.69, 9.17) is 9.15 Å². The fourth-order valence-electron chi connectivity index (χ4n) is 5.03. The van der Waals surface area contributed by atoms with Gasteiger partial charge >= 0.3 is 0 Å². The molecule has 5 rings (SSSR count). The lowest BCUT2D eigenvalue weighted by atomic mass is 10.1. The van der Waals surface area contributed by atoms with E-state index in [1.54, 1.807) is 7.11 Å². The van der Waals surface area contributed by atoms with Crippen molar-refractivity contribution < 1.29 is 13.9 Å². The number of benzene rings is 2. The maximum atomic E-state index is 12.3. The quantitative estimate of drug-likeness (QED) is 0.285. The number of furan rings is 1. The molecule has 0 unspecified atom stereocenters. The van der Waals surface area contributed by atoms with Crippen LogP contribution in [0.5, 0.6) is 0 Å². The Balaban J connectivity index is 0.00000336. The number of aromatic nitrogens is 1. The lowest BCUT2D eigenvalue weighted by molar-refractivity contribution is 0.0911. The number of H-pyrrole nitrogens is 1. The predicted octanol–water partition coefficient (Wildman–Crippen LogP) is 4.73. The number of anilines is 1. The van der Waals surface area contributed by atoms with Crippen LogP contribution in [0.15, 0.2) is 53.1 Å². The van der Waals surface area contributed by atoms with Crippen LogP contribution >= 0.6 is 12.4 Å². The Bertz CT molecular complexity index is 1410. The maximum Gasteiger partial charge on any atom is 0.287 e. The molecule has 0 aliphatic carbocycles. The van der Waals surface area contributed by atoms with E-state index in [9.17, 15) is 10.1 Å². The molecule has 1 fully saturated rings. The van der Waals surface area contributed by atoms with Crippen molar-refractivity contribution in [2.45, 2.75) is 19.3 Å². The van der Waals surface area contributed by atoms with Crippen LogP contribution in [-0.2, 0) is 11.2 Å². The average molecular weight is 536 g/mol. The SMILES string of the molecule is COCCNC(=O)c1cc2cc(N3CCN(CCCCc4c[nH]c5ccc(C#N)cc45)CC3)ccc2o1.Cl. The highest BCUT2D eigenvalue weighted by Crippen LogP contribution is 2.26. The Morgan fingerprint density at radius 3 is 2.76 bits per heavy atom. The number of hydrogen-bond donors (Lipinski definition) is 2. The molecule has 1 aliphatic heterocycles. The second-order valence-electron chi connectivity index (χ2n) is 9.55. The standard InChI is InChI=1S/C29H33N5O3.ClH/c1-36-15-9-31-29(35)28-18-23-17-24(6-8-27(23)37-28)34-13-11-33(12-14-34)10-3-2-4-22-20-32-26-7-5-21(19-30)16-25(22)26;/h5-8,16-18,20,32H,2-4,9-15H2,1H3,(H,31,35);1H. The van der Waals surface area contributed by atoms with Gasteiger partial charge in [-0.1, -0.05) is 0 Å². The second-order valence-corrected chi connectivity index (χ2v) is 9.55. The van der Waals surface area contributed by atoms with Crippen LogP contribution in [0.25, 0.3) is 21.9 Å². The molecule has 1 aliphatic rings. The van der Waals surface area contributed by atoms with E-state index in [1.165, 1.54) is 10.9 Å². The molecule has 9 heteroatoms. The van der Waals surface area contributed by atoms with Crippen LogP contribution in [0.1, 0.15) is 34.5 Å². The molecule has 0 bridgehead atoms. The summed E-state index contributed by atoms with van der Waals surface area (Å²) in [6.07, 6.45) is 5.38. The van der Waals surface area contributed by atoms with Gasteiger partial charge in [-0.25, -0.2) is 0 Å². The fraction of sp³-hybridized carbons (Fsp3) is 0.379. The Labute approximate surface area is 228 Å². The number of piperazine rings is 1. The number of unbranched alkanes of at least 4 members (excludes halogenated alkanes) is 1. The highest BCUT2D eigenvalue weighted by molar-refractivity contribution is 5.96. The van der Waals surface area contributed by atoms with Gasteiger partial charge in [0, 0.05) is 68.0 Å². The summed E-state index contributed by atoms with van der Waals surface area (Å²) < 4.78 is 10.7. The molecule has 1 amide bonds. The fourth-order valence-corrected chi connectivity index (χ4v) is 5.03. The number of aryl methyl sites for hydroxylation is 1. The van der Waals surface area contributed by atoms with E-state index < -0.39 is 0 Å². The summed E-state index contributed by atoms with van der Waals surface area (Å²) >= 11 is 0. The number of rotatable bonds is 10. The summed E-state index contributed by atoms with van der Waals surface area (Å²) in [6, 6.07) is 16.0. The van der Waals surface area contributed by atoms with Crippen molar-refractivity contribution in [2.24, 2.45) is 0 Å². The molecular weight excluding hydrogens is 502 g/mol. The largest absolute Gasteiger partial charge is 0.451 e. The molecule has 0 atom stereocenters. The lowest BCUT2D eigenvalue weighted by Gasteiger charge is -2.36. The minimum absolute atomic E-state index is 0. The van der Waals surface area contributed by atoms with Crippen LogP contribution in [-0.4, -0.2) is 68.8 Å². The van der Waals surface area contributed by atoms with Gasteiger partial charge in [0.05, 0.1) is 18.2 Å². The monoisotopic (exact) mass is 535 g/mol. The number of nitriles is 1. The van der Waals surface area contributed by atoms with Crippen molar-refractivity contribution >= 4 is 45.9 Å². The van der Waals surface area contributed by atoms with Crippen LogP contribution < -0.4 is 10.2 Å². The van der Waals surface area contributed by atoms with Crippen molar-refractivity contribution in [1.82, 2.24) is 15.2 Å². The summed E-state index contributed by atoms with van der Waals surface area (Å²) in [5.74, 6) is 0.103. The van der Waals surface area contributed by atoms with Gasteiger partial charge < -0.3 is 24.4 Å². The number of hydrogen-bond acceptors (Lipinski definition) is 6. The molecule has 38 heavy (non-hydrogen) atoms. The van der Waals surface area contributed by atoms with Gasteiger partial charge in [0.15, 0.2) is 5.76 Å². The van der Waals surface area contributed by atoms with Gasteiger partial charge in [-0.05, 0) is 73.8 Å². The second kappa shape index (κ2) is 12.8. The number of amides is 1. The highest BCUT2D eigenvalue weighted by atomic mass is 35.5. The van der Waals surface area contributed by atoms with Gasteiger partial charge in [0.1, 0.15) is 5.58 Å². The van der Waals surface area contributed by atoms with Crippen molar-refractivity contribution in [3.63, 3.8) is 0 Å². The molecule has 2 aromatic carbocycles. The minimum Gasteiger partial charge on any atom is -0.451 e. The van der Waals surface area contributed by atoms with Crippen molar-refractivity contribution in [1.29, 1.82) is 5.26 Å². The zero-order valence-corrected chi connectivity index (χ0v) is 22.5. The number of carbonyl (C=O) groups excluding carboxylic acids is 1. The number of halogens is 1. The Hall–Kier alpha value is -3.51. The molecule has 3 heterocycles. The smallest absolute Gasteiger partial charge is 0.287 e. The van der Waals surface area contributed by atoms with Gasteiger partial charge in [-0.15, -0.1) is 12.4 Å². The van der Waals surface area contributed by atoms with E-state index in [-0.39, 0.29) is 18.3 Å². The number of ether oxygens (including phenoxy) is 1.